The fourth-order valence-electron chi connectivity index (χ4n) is 1.69. The second-order valence-electron chi connectivity index (χ2n) is 4.24. The maximum absolute atomic E-state index is 12.1. The van der Waals surface area contributed by atoms with Crippen molar-refractivity contribution in [3.63, 3.8) is 0 Å². The molecule has 0 saturated carbocycles. The van der Waals surface area contributed by atoms with Crippen molar-refractivity contribution in [1.82, 2.24) is 14.5 Å². The molecule has 2 aromatic rings. The summed E-state index contributed by atoms with van der Waals surface area (Å²) in [5.41, 5.74) is 0.305. The summed E-state index contributed by atoms with van der Waals surface area (Å²) in [5.74, 6) is 0. The van der Waals surface area contributed by atoms with Gasteiger partial charge in [-0.3, -0.25) is 14.8 Å². The molecule has 0 amide bonds. The molecule has 0 unspecified atom stereocenters. The van der Waals surface area contributed by atoms with E-state index < -0.39 is 14.9 Å². The molecule has 8 nitrogen and oxygen atoms in total. The Morgan fingerprint density at radius 2 is 2.14 bits per heavy atom. The van der Waals surface area contributed by atoms with Crippen LogP contribution in [-0.2, 0) is 23.1 Å². The van der Waals surface area contributed by atoms with E-state index in [0.29, 0.717) is 12.2 Å². The molecule has 0 radical (unpaired) electrons. The Balaban J connectivity index is 2.14. The van der Waals surface area contributed by atoms with Crippen LogP contribution < -0.4 is 4.72 Å². The van der Waals surface area contributed by atoms with Crippen molar-refractivity contribution < 1.29 is 13.3 Å². The molecular weight excluding hydrogens is 296 g/mol. The molecular formula is C12H14N4O4S. The molecule has 1 aromatic heterocycles. The third-order valence-electron chi connectivity index (χ3n) is 2.80. The highest BCUT2D eigenvalue weighted by atomic mass is 32.2. The number of rotatable bonds is 6. The molecule has 21 heavy (non-hydrogen) atoms. The van der Waals surface area contributed by atoms with Gasteiger partial charge in [-0.2, -0.15) is 5.10 Å². The first-order valence-electron chi connectivity index (χ1n) is 6.19. The number of aryl methyl sites for hydroxylation is 1. The van der Waals surface area contributed by atoms with E-state index in [2.05, 4.69) is 9.82 Å². The van der Waals surface area contributed by atoms with Gasteiger partial charge in [-0.1, -0.05) is 6.07 Å². The molecule has 1 heterocycles. The second kappa shape index (κ2) is 6.02. The summed E-state index contributed by atoms with van der Waals surface area (Å²) in [4.78, 5) is 9.89. The molecule has 112 valence electrons. The molecule has 0 saturated heterocycles. The largest absolute Gasteiger partial charge is 0.273 e. The first-order valence-corrected chi connectivity index (χ1v) is 7.67. The summed E-state index contributed by atoms with van der Waals surface area (Å²) in [6.45, 7) is 2.64. The maximum Gasteiger partial charge on any atom is 0.270 e. The van der Waals surface area contributed by atoms with Gasteiger partial charge in [0.05, 0.1) is 22.1 Å². The molecule has 1 N–H and O–H groups in total. The van der Waals surface area contributed by atoms with Crippen molar-refractivity contribution in [3.05, 3.63) is 52.3 Å². The summed E-state index contributed by atoms with van der Waals surface area (Å²) in [6.07, 6.45) is 1.75. The van der Waals surface area contributed by atoms with Crippen LogP contribution in [0.3, 0.4) is 0 Å². The minimum atomic E-state index is -3.82. The minimum absolute atomic E-state index is 0.0258. The molecule has 9 heteroatoms. The van der Waals surface area contributed by atoms with Crippen LogP contribution in [0.1, 0.15) is 12.6 Å². The summed E-state index contributed by atoms with van der Waals surface area (Å²) in [7, 11) is -3.82. The number of sulfonamides is 1. The van der Waals surface area contributed by atoms with Crippen LogP contribution in [0.2, 0.25) is 0 Å². The van der Waals surface area contributed by atoms with Gasteiger partial charge in [0, 0.05) is 24.9 Å². The van der Waals surface area contributed by atoms with Crippen LogP contribution in [0.5, 0.6) is 0 Å². The average molecular weight is 310 g/mol. The molecule has 0 spiro atoms. The predicted octanol–water partition coefficient (Wildman–Crippen LogP) is 1.29. The summed E-state index contributed by atoms with van der Waals surface area (Å²) < 4.78 is 28.2. The number of hydrogen-bond acceptors (Lipinski definition) is 5. The summed E-state index contributed by atoms with van der Waals surface area (Å²) in [5, 5.41) is 14.8. The van der Waals surface area contributed by atoms with E-state index in [0.717, 1.165) is 6.07 Å². The fraction of sp³-hybridized carbons (Fsp3) is 0.250. The highest BCUT2D eigenvalue weighted by molar-refractivity contribution is 7.89. The number of nitro benzene ring substituents is 1. The Labute approximate surface area is 121 Å². The van der Waals surface area contributed by atoms with Crippen LogP contribution in [0.25, 0.3) is 0 Å². The Kier molecular flexibility index (Phi) is 4.34. The van der Waals surface area contributed by atoms with Crippen LogP contribution in [-0.4, -0.2) is 23.1 Å². The quantitative estimate of drug-likeness (QED) is 0.639. The van der Waals surface area contributed by atoms with Gasteiger partial charge in [0.25, 0.3) is 5.69 Å². The number of nitrogens with zero attached hydrogens (tertiary/aromatic N) is 3. The highest BCUT2D eigenvalue weighted by Crippen LogP contribution is 2.17. The predicted molar refractivity (Wildman–Crippen MR) is 75.0 cm³/mol. The van der Waals surface area contributed by atoms with E-state index in [4.69, 9.17) is 0 Å². The number of aromatic nitrogens is 2. The SMILES string of the molecule is CCn1ccc(CNS(=O)(=O)c2cccc([N+](=O)[O-])c2)n1. The number of hydrogen-bond donors (Lipinski definition) is 1. The molecule has 2 rings (SSSR count). The fourth-order valence-corrected chi connectivity index (χ4v) is 2.73. The van der Waals surface area contributed by atoms with E-state index >= 15 is 0 Å². The van der Waals surface area contributed by atoms with Crippen molar-refractivity contribution in [2.24, 2.45) is 0 Å². The zero-order valence-electron chi connectivity index (χ0n) is 11.3. The summed E-state index contributed by atoms with van der Waals surface area (Å²) in [6, 6.07) is 6.60. The Morgan fingerprint density at radius 1 is 1.38 bits per heavy atom. The molecule has 0 aliphatic rings. The Morgan fingerprint density at radius 3 is 2.76 bits per heavy atom. The smallest absolute Gasteiger partial charge is 0.270 e. The third kappa shape index (κ3) is 3.64. The lowest BCUT2D eigenvalue weighted by Crippen LogP contribution is -2.23. The molecule has 0 bridgehead atoms. The molecule has 0 aliphatic carbocycles. The zero-order valence-corrected chi connectivity index (χ0v) is 12.1. The normalized spacial score (nSPS) is 11.5. The Hall–Kier alpha value is -2.26. The number of benzene rings is 1. The zero-order chi connectivity index (χ0) is 15.5. The monoisotopic (exact) mass is 310 g/mol. The van der Waals surface area contributed by atoms with Gasteiger partial charge in [-0.05, 0) is 19.1 Å². The van der Waals surface area contributed by atoms with Gasteiger partial charge in [0.1, 0.15) is 0 Å². The van der Waals surface area contributed by atoms with Gasteiger partial charge < -0.3 is 0 Å². The van der Waals surface area contributed by atoms with Crippen molar-refractivity contribution >= 4 is 15.7 Å². The van der Waals surface area contributed by atoms with Gasteiger partial charge in [-0.15, -0.1) is 0 Å². The van der Waals surface area contributed by atoms with Gasteiger partial charge in [0.15, 0.2) is 0 Å². The molecule has 0 atom stereocenters. The highest BCUT2D eigenvalue weighted by Gasteiger charge is 2.17. The first kappa shape index (κ1) is 15.1. The average Bonchev–Trinajstić information content (AvgIpc) is 2.93. The minimum Gasteiger partial charge on any atom is -0.273 e. The lowest BCUT2D eigenvalue weighted by molar-refractivity contribution is -0.385. The summed E-state index contributed by atoms with van der Waals surface area (Å²) >= 11 is 0. The van der Waals surface area contributed by atoms with E-state index in [1.165, 1.54) is 18.2 Å². The van der Waals surface area contributed by atoms with E-state index in [1.54, 1.807) is 16.9 Å². The number of nitrogens with one attached hydrogen (secondary N) is 1. The number of nitro groups is 1. The van der Waals surface area contributed by atoms with Crippen molar-refractivity contribution in [3.8, 4) is 0 Å². The Bertz CT molecular complexity index is 754. The topological polar surface area (TPSA) is 107 Å². The number of non-ortho nitro benzene ring substituents is 1. The lowest BCUT2D eigenvalue weighted by Gasteiger charge is -2.05. The van der Waals surface area contributed by atoms with Crippen molar-refractivity contribution in [2.45, 2.75) is 24.9 Å². The first-order chi connectivity index (χ1) is 9.92. The lowest BCUT2D eigenvalue weighted by atomic mass is 10.3. The standard InChI is InChI=1S/C12H14N4O4S/c1-2-15-7-6-10(14-15)9-13-21(19,20)12-5-3-4-11(8-12)16(17)18/h3-8,13H,2,9H2,1H3. The van der Waals surface area contributed by atoms with Gasteiger partial charge in [-0.25, -0.2) is 13.1 Å². The molecule has 0 fully saturated rings. The van der Waals surface area contributed by atoms with E-state index in [1.807, 2.05) is 6.92 Å². The van der Waals surface area contributed by atoms with Crippen LogP contribution >= 0.6 is 0 Å². The molecule has 1 aromatic carbocycles. The third-order valence-corrected chi connectivity index (χ3v) is 4.20. The second-order valence-corrected chi connectivity index (χ2v) is 6.01. The van der Waals surface area contributed by atoms with Crippen LogP contribution in [0.15, 0.2) is 41.4 Å². The van der Waals surface area contributed by atoms with E-state index in [9.17, 15) is 18.5 Å². The van der Waals surface area contributed by atoms with Crippen molar-refractivity contribution in [2.75, 3.05) is 0 Å². The molecule has 0 aliphatic heterocycles. The van der Waals surface area contributed by atoms with Gasteiger partial charge >= 0.3 is 0 Å². The maximum atomic E-state index is 12.1. The van der Waals surface area contributed by atoms with Crippen LogP contribution in [0.4, 0.5) is 5.69 Å². The van der Waals surface area contributed by atoms with Crippen molar-refractivity contribution in [1.29, 1.82) is 0 Å². The van der Waals surface area contributed by atoms with Crippen LogP contribution in [0, 0.1) is 10.1 Å². The van der Waals surface area contributed by atoms with E-state index in [-0.39, 0.29) is 17.1 Å². The van der Waals surface area contributed by atoms with Gasteiger partial charge in [0.2, 0.25) is 10.0 Å².